The van der Waals surface area contributed by atoms with E-state index in [1.54, 1.807) is 6.07 Å². The van der Waals surface area contributed by atoms with Crippen LogP contribution in [0, 0.1) is 16.0 Å². The lowest BCUT2D eigenvalue weighted by Crippen LogP contribution is -2.38. The van der Waals surface area contributed by atoms with Crippen LogP contribution in [0.3, 0.4) is 0 Å². The zero-order chi connectivity index (χ0) is 25.8. The van der Waals surface area contributed by atoms with E-state index in [1.807, 2.05) is 18.2 Å². The van der Waals surface area contributed by atoms with Gasteiger partial charge >= 0.3 is 11.7 Å². The van der Waals surface area contributed by atoms with Crippen molar-refractivity contribution in [1.82, 2.24) is 9.13 Å². The van der Waals surface area contributed by atoms with Gasteiger partial charge in [0.05, 0.1) is 21.9 Å². The quantitative estimate of drug-likeness (QED) is 0.283. The molecule has 36 heavy (non-hydrogen) atoms. The van der Waals surface area contributed by atoms with Crippen molar-refractivity contribution in [3.05, 3.63) is 102 Å². The number of nitro benzene ring substituents is 1. The van der Waals surface area contributed by atoms with E-state index in [4.69, 9.17) is 4.74 Å². The number of carbonyl (C=O) groups is 1. The molecule has 1 saturated heterocycles. The molecule has 0 saturated carbocycles. The van der Waals surface area contributed by atoms with Crippen molar-refractivity contribution in [3.63, 3.8) is 0 Å². The zero-order valence-corrected chi connectivity index (χ0v) is 20.3. The van der Waals surface area contributed by atoms with Gasteiger partial charge in [0.25, 0.3) is 11.2 Å². The van der Waals surface area contributed by atoms with Crippen LogP contribution in [0.15, 0.2) is 64.2 Å². The Labute approximate surface area is 207 Å². The number of hydrogen-bond donors (Lipinski definition) is 0. The molecule has 0 spiro atoms. The SMILES string of the molecule is Cn1c(COC(=O)c2cc([N+](=O)[O-])ccc2N2CCC(Cc3ccccc3)CC2)cc(=O)n(C)c1=O. The predicted octanol–water partition coefficient (Wildman–Crippen LogP) is 2.81. The van der Waals surface area contributed by atoms with E-state index >= 15 is 0 Å². The van der Waals surface area contributed by atoms with Crippen LogP contribution in [0.4, 0.5) is 11.4 Å². The van der Waals surface area contributed by atoms with Gasteiger partial charge in [-0.2, -0.15) is 0 Å². The van der Waals surface area contributed by atoms with Gasteiger partial charge in [-0.25, -0.2) is 9.59 Å². The molecule has 0 aliphatic carbocycles. The summed E-state index contributed by atoms with van der Waals surface area (Å²) in [5.74, 6) is -0.243. The monoisotopic (exact) mass is 492 g/mol. The fourth-order valence-corrected chi connectivity index (χ4v) is 4.54. The third-order valence-electron chi connectivity index (χ3n) is 6.71. The highest BCUT2D eigenvalue weighted by Crippen LogP contribution is 2.31. The lowest BCUT2D eigenvalue weighted by atomic mass is 9.90. The minimum absolute atomic E-state index is 0.0829. The lowest BCUT2D eigenvalue weighted by Gasteiger charge is -2.34. The summed E-state index contributed by atoms with van der Waals surface area (Å²) in [6.45, 7) is 1.10. The summed E-state index contributed by atoms with van der Waals surface area (Å²) in [6.07, 6.45) is 2.84. The van der Waals surface area contributed by atoms with Gasteiger partial charge in [0.15, 0.2) is 0 Å². The van der Waals surface area contributed by atoms with Gasteiger partial charge in [0.1, 0.15) is 6.61 Å². The van der Waals surface area contributed by atoms with Crippen molar-refractivity contribution >= 4 is 17.3 Å². The summed E-state index contributed by atoms with van der Waals surface area (Å²) in [7, 11) is 2.84. The molecule has 3 aromatic rings. The van der Waals surface area contributed by atoms with Crippen molar-refractivity contribution in [2.45, 2.75) is 25.9 Å². The molecular weight excluding hydrogens is 464 g/mol. The molecule has 1 aromatic heterocycles. The van der Waals surface area contributed by atoms with Gasteiger partial charge in [-0.1, -0.05) is 30.3 Å². The number of benzene rings is 2. The van der Waals surface area contributed by atoms with Crippen molar-refractivity contribution in [1.29, 1.82) is 0 Å². The molecule has 2 heterocycles. The summed E-state index contributed by atoms with van der Waals surface area (Å²) in [6, 6.07) is 15.7. The molecule has 0 atom stereocenters. The smallest absolute Gasteiger partial charge is 0.340 e. The van der Waals surface area contributed by atoms with Gasteiger partial charge in [0, 0.05) is 45.4 Å². The number of piperidine rings is 1. The number of rotatable bonds is 7. The highest BCUT2D eigenvalue weighted by atomic mass is 16.6. The number of aromatic nitrogens is 2. The minimum Gasteiger partial charge on any atom is -0.456 e. The van der Waals surface area contributed by atoms with Crippen molar-refractivity contribution in [2.24, 2.45) is 20.0 Å². The molecule has 2 aromatic carbocycles. The first kappa shape index (κ1) is 24.9. The standard InChI is InChI=1S/C26H28N4O6/c1-27-21(16-24(31)28(2)26(27)33)17-36-25(32)22-15-20(30(34)35)8-9-23(22)29-12-10-19(11-13-29)14-18-6-4-3-5-7-18/h3-9,15-16,19H,10-14,17H2,1-2H3. The Hall–Kier alpha value is -4.21. The molecule has 0 bridgehead atoms. The van der Waals surface area contributed by atoms with Crippen LogP contribution in [-0.2, 0) is 31.9 Å². The number of non-ortho nitro benzene ring substituents is 1. The number of carbonyl (C=O) groups excluding carboxylic acids is 1. The molecule has 0 radical (unpaired) electrons. The van der Waals surface area contributed by atoms with E-state index in [0.29, 0.717) is 24.7 Å². The van der Waals surface area contributed by atoms with Crippen LogP contribution in [0.25, 0.3) is 0 Å². The molecule has 0 N–H and O–H groups in total. The van der Waals surface area contributed by atoms with E-state index in [2.05, 4.69) is 17.0 Å². The highest BCUT2D eigenvalue weighted by molar-refractivity contribution is 5.96. The molecule has 1 aliphatic rings. The van der Waals surface area contributed by atoms with Gasteiger partial charge in [0.2, 0.25) is 0 Å². The molecule has 10 heteroatoms. The van der Waals surface area contributed by atoms with Gasteiger partial charge in [-0.3, -0.25) is 24.0 Å². The lowest BCUT2D eigenvalue weighted by molar-refractivity contribution is -0.384. The number of hydrogen-bond acceptors (Lipinski definition) is 7. The van der Waals surface area contributed by atoms with E-state index in [-0.39, 0.29) is 23.6 Å². The first-order valence-corrected chi connectivity index (χ1v) is 11.7. The maximum Gasteiger partial charge on any atom is 0.340 e. The average molecular weight is 493 g/mol. The maximum absolute atomic E-state index is 13.1. The summed E-state index contributed by atoms with van der Waals surface area (Å²) in [5.41, 5.74) is 0.902. The van der Waals surface area contributed by atoms with E-state index in [1.165, 1.54) is 42.4 Å². The second-order valence-corrected chi connectivity index (χ2v) is 9.03. The Morgan fingerprint density at radius 2 is 1.72 bits per heavy atom. The minimum atomic E-state index is -0.756. The van der Waals surface area contributed by atoms with Crippen LogP contribution in [-0.4, -0.2) is 33.1 Å². The molecule has 4 rings (SSSR count). The van der Waals surface area contributed by atoms with Crippen LogP contribution < -0.4 is 16.1 Å². The third kappa shape index (κ3) is 5.37. The molecule has 188 valence electrons. The second-order valence-electron chi connectivity index (χ2n) is 9.03. The Morgan fingerprint density at radius 3 is 2.39 bits per heavy atom. The molecule has 0 unspecified atom stereocenters. The topological polar surface area (TPSA) is 117 Å². The fourth-order valence-electron chi connectivity index (χ4n) is 4.54. The number of anilines is 1. The number of esters is 1. The highest BCUT2D eigenvalue weighted by Gasteiger charge is 2.26. The molecule has 1 fully saturated rings. The van der Waals surface area contributed by atoms with Crippen LogP contribution in [0.1, 0.15) is 34.5 Å². The van der Waals surface area contributed by atoms with E-state index in [0.717, 1.165) is 23.8 Å². The van der Waals surface area contributed by atoms with Crippen molar-refractivity contribution in [3.8, 4) is 0 Å². The van der Waals surface area contributed by atoms with Crippen LogP contribution in [0.2, 0.25) is 0 Å². The third-order valence-corrected chi connectivity index (χ3v) is 6.71. The second kappa shape index (κ2) is 10.6. The normalized spacial score (nSPS) is 14.0. The van der Waals surface area contributed by atoms with E-state index < -0.39 is 22.1 Å². The summed E-state index contributed by atoms with van der Waals surface area (Å²) in [5, 5.41) is 11.4. The fraction of sp³-hybridized carbons (Fsp3) is 0.346. The largest absolute Gasteiger partial charge is 0.456 e. The zero-order valence-electron chi connectivity index (χ0n) is 20.3. The van der Waals surface area contributed by atoms with E-state index in [9.17, 15) is 24.5 Å². The summed E-state index contributed by atoms with van der Waals surface area (Å²) < 4.78 is 7.59. The Kier molecular flexibility index (Phi) is 7.33. The Bertz CT molecular complexity index is 1390. The molecule has 10 nitrogen and oxygen atoms in total. The van der Waals surface area contributed by atoms with Gasteiger partial charge < -0.3 is 9.64 Å². The number of ether oxygens (including phenoxy) is 1. The number of nitrogens with zero attached hydrogens (tertiary/aromatic N) is 4. The predicted molar refractivity (Wildman–Crippen MR) is 134 cm³/mol. The first-order valence-electron chi connectivity index (χ1n) is 11.7. The van der Waals surface area contributed by atoms with Gasteiger partial charge in [-0.05, 0) is 36.8 Å². The number of nitro groups is 1. The molecular formula is C26H28N4O6. The van der Waals surface area contributed by atoms with Crippen LogP contribution >= 0.6 is 0 Å². The van der Waals surface area contributed by atoms with Crippen molar-refractivity contribution < 1.29 is 14.5 Å². The maximum atomic E-state index is 13.1. The summed E-state index contributed by atoms with van der Waals surface area (Å²) in [4.78, 5) is 50.1. The Balaban J connectivity index is 1.51. The van der Waals surface area contributed by atoms with Gasteiger partial charge in [-0.15, -0.1) is 0 Å². The summed E-state index contributed by atoms with van der Waals surface area (Å²) >= 11 is 0. The molecule has 0 amide bonds. The molecule has 1 aliphatic heterocycles. The van der Waals surface area contributed by atoms with Crippen molar-refractivity contribution in [2.75, 3.05) is 18.0 Å². The first-order chi connectivity index (χ1) is 17.2. The van der Waals surface area contributed by atoms with Crippen LogP contribution in [0.5, 0.6) is 0 Å². The average Bonchev–Trinajstić information content (AvgIpc) is 2.89. The Morgan fingerprint density at radius 1 is 1.03 bits per heavy atom.